The molecule has 4 heterocycles. The number of methoxy groups -OCH3 is 1. The van der Waals surface area contributed by atoms with Gasteiger partial charge < -0.3 is 50.0 Å². The molecule has 1 aliphatic carbocycles. The highest BCUT2D eigenvalue weighted by Gasteiger charge is 2.45. The van der Waals surface area contributed by atoms with E-state index in [1.165, 1.54) is 11.8 Å². The topological polar surface area (TPSA) is 177 Å². The quantitative estimate of drug-likeness (QED) is 0.0531. The van der Waals surface area contributed by atoms with E-state index in [2.05, 4.69) is 77.8 Å². The molecule has 1 spiro atoms. The fraction of sp³-hybridized carbons (Fsp3) is 0.460. The van der Waals surface area contributed by atoms with Crippen molar-refractivity contribution < 1.29 is 37.3 Å². The van der Waals surface area contributed by atoms with Crippen LogP contribution in [0.3, 0.4) is 0 Å². The third-order valence-electron chi connectivity index (χ3n) is 15.4. The van der Waals surface area contributed by atoms with E-state index in [-0.39, 0.29) is 69.6 Å². The predicted octanol–water partition coefficient (Wildman–Crippen LogP) is 11.6. The highest BCUT2D eigenvalue weighted by Crippen LogP contribution is 2.43. The number of hydrogen-bond acceptors (Lipinski definition) is 14. The number of likely N-dealkylation sites (tertiary alicyclic amines) is 1. The van der Waals surface area contributed by atoms with Crippen LogP contribution in [0.4, 0.5) is 43.7 Å². The molecule has 4 atom stereocenters. The monoisotopic (exact) mass is 1110 g/mol. The maximum atomic E-state index is 15.8. The fourth-order valence-electron chi connectivity index (χ4n) is 11.2. The minimum atomic E-state index is -0.560. The molecule has 16 nitrogen and oxygen atoms in total. The van der Waals surface area contributed by atoms with Crippen LogP contribution in [-0.2, 0) is 20.3 Å². The molecule has 430 valence electrons. The molecular formula is C63H78F2N10O6. The van der Waals surface area contributed by atoms with E-state index in [9.17, 15) is 9.59 Å². The van der Waals surface area contributed by atoms with Gasteiger partial charge in [0.15, 0.2) is 23.3 Å². The standard InChI is InChI=1S/C63H78F2N10O6/c1-61(2,3)45-16-12-43(13-17-45)57(76)69-50-11-8-10-49(34-50)68-55-53(64)36-66-59(72-55)70-47-20-26-52(27-21-47)81-33-31-79-39-42-35-63(41-75(38-42)58(77)44-14-18-46(19-15-44)62(4,5)6)28-9-29-74(40-63)56-54(65)37-67-60(73-56)71-48-22-24-51(25-23-48)80-32-30-78-7/h12-27,36-37,42,49-50H,8-11,28-35,38-41H2,1-7H3,(H,69,76)(H,67,71,73)(H2,66,68,70,72)/t42?,49?,50-,63?/m1/s1. The van der Waals surface area contributed by atoms with Crippen molar-refractivity contribution in [3.05, 3.63) is 143 Å². The summed E-state index contributed by atoms with van der Waals surface area (Å²) < 4.78 is 54.1. The van der Waals surface area contributed by atoms with Gasteiger partial charge in [0.25, 0.3) is 11.8 Å². The zero-order chi connectivity index (χ0) is 57.2. The van der Waals surface area contributed by atoms with Gasteiger partial charge in [0.2, 0.25) is 11.9 Å². The number of amides is 2. The van der Waals surface area contributed by atoms with Gasteiger partial charge in [0, 0.05) is 79.2 Å². The van der Waals surface area contributed by atoms with Gasteiger partial charge in [-0.15, -0.1) is 0 Å². The van der Waals surface area contributed by atoms with Gasteiger partial charge in [-0.3, -0.25) is 9.59 Å². The Balaban J connectivity index is 0.782. The van der Waals surface area contributed by atoms with Gasteiger partial charge in [0.05, 0.1) is 32.2 Å². The molecule has 2 amide bonds. The summed E-state index contributed by atoms with van der Waals surface area (Å²) in [6, 6.07) is 30.2. The fourth-order valence-corrected chi connectivity index (χ4v) is 11.2. The van der Waals surface area contributed by atoms with Crippen LogP contribution in [0, 0.1) is 23.0 Å². The zero-order valence-corrected chi connectivity index (χ0v) is 47.8. The minimum absolute atomic E-state index is 0.00248. The number of halogens is 2. The van der Waals surface area contributed by atoms with Crippen LogP contribution in [0.1, 0.15) is 118 Å². The molecule has 2 aromatic heterocycles. The summed E-state index contributed by atoms with van der Waals surface area (Å²) >= 11 is 0. The first-order chi connectivity index (χ1) is 38.9. The maximum absolute atomic E-state index is 15.8. The average Bonchev–Trinajstić information content (AvgIpc) is 3.66. The van der Waals surface area contributed by atoms with Crippen molar-refractivity contribution in [2.75, 3.05) is 87.2 Å². The Kier molecular flexibility index (Phi) is 18.7. The van der Waals surface area contributed by atoms with E-state index in [4.69, 9.17) is 23.9 Å². The van der Waals surface area contributed by atoms with E-state index in [1.54, 1.807) is 7.11 Å². The number of nitrogens with one attached hydrogen (secondary N) is 4. The lowest BCUT2D eigenvalue weighted by atomic mass is 9.70. The third kappa shape index (κ3) is 15.7. The summed E-state index contributed by atoms with van der Waals surface area (Å²) in [6.45, 7) is 17.0. The number of carbonyl (C=O) groups excluding carboxylic acids is 2. The van der Waals surface area contributed by atoms with E-state index in [0.29, 0.717) is 93.9 Å². The predicted molar refractivity (Wildman–Crippen MR) is 312 cm³/mol. The minimum Gasteiger partial charge on any atom is -0.491 e. The smallest absolute Gasteiger partial charge is 0.253 e. The molecule has 4 N–H and O–H groups in total. The number of hydrogen-bond donors (Lipinski definition) is 4. The van der Waals surface area contributed by atoms with E-state index in [0.717, 1.165) is 56.0 Å². The molecule has 4 aromatic carbocycles. The van der Waals surface area contributed by atoms with Gasteiger partial charge in [0.1, 0.15) is 24.7 Å². The Morgan fingerprint density at radius 3 is 1.88 bits per heavy atom. The normalized spacial score (nSPS) is 19.4. The number of nitrogens with zero attached hydrogens (tertiary/aromatic N) is 6. The van der Waals surface area contributed by atoms with Crippen molar-refractivity contribution in [2.45, 2.75) is 109 Å². The van der Waals surface area contributed by atoms with Crippen LogP contribution in [0.25, 0.3) is 0 Å². The van der Waals surface area contributed by atoms with E-state index < -0.39 is 11.6 Å². The molecule has 2 saturated heterocycles. The van der Waals surface area contributed by atoms with Crippen LogP contribution < -0.4 is 35.6 Å². The molecule has 3 fully saturated rings. The summed E-state index contributed by atoms with van der Waals surface area (Å²) in [5, 5.41) is 12.8. The lowest BCUT2D eigenvalue weighted by molar-refractivity contribution is -0.00537. The number of benzene rings is 4. The lowest BCUT2D eigenvalue weighted by Gasteiger charge is -2.51. The number of piperidine rings is 2. The Morgan fingerprint density at radius 1 is 0.679 bits per heavy atom. The molecule has 2 aliphatic heterocycles. The molecule has 81 heavy (non-hydrogen) atoms. The van der Waals surface area contributed by atoms with Crippen molar-refractivity contribution in [1.82, 2.24) is 30.2 Å². The molecule has 0 radical (unpaired) electrons. The highest BCUT2D eigenvalue weighted by molar-refractivity contribution is 5.95. The number of rotatable bonds is 20. The second-order valence-corrected chi connectivity index (χ2v) is 23.9. The lowest BCUT2D eigenvalue weighted by Crippen LogP contribution is -2.57. The molecule has 1 saturated carbocycles. The van der Waals surface area contributed by atoms with Crippen molar-refractivity contribution >= 4 is 46.7 Å². The molecular weight excluding hydrogens is 1030 g/mol. The van der Waals surface area contributed by atoms with Gasteiger partial charge in [-0.25, -0.2) is 18.7 Å². The van der Waals surface area contributed by atoms with E-state index in [1.807, 2.05) is 107 Å². The second kappa shape index (κ2) is 26.0. The Morgan fingerprint density at radius 2 is 1.26 bits per heavy atom. The first kappa shape index (κ1) is 58.2. The first-order valence-electron chi connectivity index (χ1n) is 28.3. The van der Waals surface area contributed by atoms with Gasteiger partial charge in [-0.2, -0.15) is 9.97 Å². The third-order valence-corrected chi connectivity index (χ3v) is 15.4. The summed E-state index contributed by atoms with van der Waals surface area (Å²) in [4.78, 5) is 49.1. The van der Waals surface area contributed by atoms with Crippen LogP contribution in [-0.4, -0.2) is 115 Å². The summed E-state index contributed by atoms with van der Waals surface area (Å²) in [5.74, 6) is 0.951. The summed E-state index contributed by atoms with van der Waals surface area (Å²) in [7, 11) is 1.63. The summed E-state index contributed by atoms with van der Waals surface area (Å²) in [5.41, 5.74) is 4.58. The summed E-state index contributed by atoms with van der Waals surface area (Å²) in [6.07, 6.45) is 7.97. The highest BCUT2D eigenvalue weighted by atomic mass is 19.1. The second-order valence-electron chi connectivity index (χ2n) is 23.9. The van der Waals surface area contributed by atoms with Crippen molar-refractivity contribution in [2.24, 2.45) is 11.3 Å². The van der Waals surface area contributed by atoms with Gasteiger partial charge >= 0.3 is 0 Å². The number of anilines is 6. The molecule has 6 aromatic rings. The molecule has 9 rings (SSSR count). The zero-order valence-electron chi connectivity index (χ0n) is 47.8. The molecule has 18 heteroatoms. The number of aromatic nitrogens is 4. The maximum Gasteiger partial charge on any atom is 0.253 e. The van der Waals surface area contributed by atoms with Gasteiger partial charge in [-0.05, 0) is 140 Å². The number of carbonyl (C=O) groups is 2. The SMILES string of the molecule is COCCOc1ccc(Nc2ncc(F)c(N3CCCC4(CC(COCCOc5ccc(Nc6ncc(F)c(NC7CCC[C@@H](NC(=O)c8ccc(C(C)(C)C)cc8)C7)n6)cc5)CN(C(=O)c5ccc(C(C)(C)C)cc5)C4)C3)n2)cc1. The van der Waals surface area contributed by atoms with Crippen LogP contribution in [0.2, 0.25) is 0 Å². The Hall–Kier alpha value is -7.44. The average molecular weight is 1110 g/mol. The van der Waals surface area contributed by atoms with Crippen molar-refractivity contribution in [3.63, 3.8) is 0 Å². The molecule has 0 bridgehead atoms. The van der Waals surface area contributed by atoms with Crippen molar-refractivity contribution in [3.8, 4) is 11.5 Å². The number of ether oxygens (including phenoxy) is 4. The molecule has 3 unspecified atom stereocenters. The van der Waals surface area contributed by atoms with Crippen LogP contribution >= 0.6 is 0 Å². The van der Waals surface area contributed by atoms with Crippen molar-refractivity contribution in [1.29, 1.82) is 0 Å². The Bertz CT molecular complexity index is 3050. The first-order valence-corrected chi connectivity index (χ1v) is 28.3. The van der Waals surface area contributed by atoms with Crippen LogP contribution in [0.5, 0.6) is 11.5 Å². The van der Waals surface area contributed by atoms with E-state index >= 15 is 8.78 Å². The van der Waals surface area contributed by atoms with Gasteiger partial charge in [-0.1, -0.05) is 65.8 Å². The molecule has 3 aliphatic rings. The van der Waals surface area contributed by atoms with Crippen LogP contribution in [0.15, 0.2) is 109 Å². The largest absolute Gasteiger partial charge is 0.491 e. The Labute approximate surface area is 475 Å².